The van der Waals surface area contributed by atoms with Crippen molar-refractivity contribution in [2.24, 2.45) is 0 Å². The maximum Gasteiger partial charge on any atom is 0.303 e. The minimum Gasteiger partial charge on any atom is -0.748 e. The standard InChI is InChI=1S/C44H59N3O14S3/c1-43(22-13-29-62(51,52)53)35-31-33(42(50)45-24-27-60-3)18-20-37(35)46(25-12-8-11-17-41(48)49)39(43)15-9-6-5-7-10-16-40-44(2,23-14-30-63(54,55)56)36-32-34(64(57,58)59)19-21-38(36)47(40)26-28-61-4/h5-7,9-10,15-16,18-21,31-32H,8,11-14,17,22-30H2,1-4H3,(H4-,45,48,49,50,51,52,53,54,55,56,57,58,59)/p-2. The van der Waals surface area contributed by atoms with Gasteiger partial charge in [0.05, 0.1) is 43.8 Å². The van der Waals surface area contributed by atoms with E-state index < -0.39 is 63.6 Å². The minimum absolute atomic E-state index is 0.0286. The molecule has 2 aromatic carbocycles. The number of nitrogens with zero attached hydrogens (tertiary/aromatic N) is 2. The Balaban J connectivity index is 1.73. The summed E-state index contributed by atoms with van der Waals surface area (Å²) >= 11 is 0. The van der Waals surface area contributed by atoms with E-state index in [1.54, 1.807) is 55.5 Å². The first-order chi connectivity index (χ1) is 30.1. The Hall–Kier alpha value is -4.54. The van der Waals surface area contributed by atoms with Crippen LogP contribution in [0.3, 0.4) is 0 Å². The van der Waals surface area contributed by atoms with Gasteiger partial charge < -0.3 is 38.5 Å². The predicted molar refractivity (Wildman–Crippen MR) is 238 cm³/mol. The number of benzene rings is 2. The minimum atomic E-state index is -4.83. The third kappa shape index (κ3) is 14.0. The first kappa shape index (κ1) is 52.1. The van der Waals surface area contributed by atoms with E-state index in [9.17, 15) is 48.5 Å². The van der Waals surface area contributed by atoms with Crippen molar-refractivity contribution < 1.29 is 67.7 Å². The number of methoxy groups -OCH3 is 2. The zero-order chi connectivity index (χ0) is 47.3. The number of carbonyl (C=O) groups excluding carboxylic acids is 1. The molecule has 2 aliphatic heterocycles. The second-order valence-corrected chi connectivity index (χ2v) is 20.5. The van der Waals surface area contributed by atoms with Gasteiger partial charge >= 0.3 is 5.97 Å². The summed E-state index contributed by atoms with van der Waals surface area (Å²) in [6.07, 6.45) is 14.7. The topological polar surface area (TPSA) is 263 Å². The lowest BCUT2D eigenvalue weighted by Crippen LogP contribution is -2.32. The molecule has 4 rings (SSSR count). The Morgan fingerprint density at radius 1 is 0.781 bits per heavy atom. The van der Waals surface area contributed by atoms with Crippen molar-refractivity contribution in [2.45, 2.75) is 80.9 Å². The van der Waals surface area contributed by atoms with E-state index in [0.29, 0.717) is 61.5 Å². The van der Waals surface area contributed by atoms with E-state index in [-0.39, 0.29) is 51.2 Å². The van der Waals surface area contributed by atoms with Crippen LogP contribution in [0.4, 0.5) is 11.4 Å². The zero-order valence-corrected chi connectivity index (χ0v) is 38.9. The Morgan fingerprint density at radius 2 is 1.42 bits per heavy atom. The molecule has 20 heteroatoms. The fourth-order valence-electron chi connectivity index (χ4n) is 8.35. The van der Waals surface area contributed by atoms with Crippen molar-refractivity contribution in [1.29, 1.82) is 0 Å². The molecule has 2 atom stereocenters. The quantitative estimate of drug-likeness (QED) is 0.0565. The number of carboxylic acids is 1. The Labute approximate surface area is 376 Å². The second-order valence-electron chi connectivity index (χ2n) is 16.1. The van der Waals surface area contributed by atoms with Crippen LogP contribution < -0.4 is 10.2 Å². The summed E-state index contributed by atoms with van der Waals surface area (Å²) in [5.41, 5.74) is 2.62. The molecule has 0 aromatic heterocycles. The molecule has 0 saturated carbocycles. The number of aliphatic carboxylic acids is 1. The van der Waals surface area contributed by atoms with Gasteiger partial charge in [0.2, 0.25) is 5.69 Å². The van der Waals surface area contributed by atoms with Crippen molar-refractivity contribution in [3.8, 4) is 0 Å². The second kappa shape index (κ2) is 22.6. The number of allylic oxidation sites excluding steroid dienone is 8. The lowest BCUT2D eigenvalue weighted by atomic mass is 9.75. The number of carbonyl (C=O) groups is 2. The highest BCUT2D eigenvalue weighted by Crippen LogP contribution is 2.51. The normalized spacial score (nSPS) is 19.7. The molecular weight excluding hydrogens is 891 g/mol. The monoisotopic (exact) mass is 947 g/mol. The summed E-state index contributed by atoms with van der Waals surface area (Å²) in [7, 11) is -10.9. The van der Waals surface area contributed by atoms with Crippen LogP contribution in [-0.2, 0) is 55.5 Å². The number of hydrogen-bond acceptors (Lipinski definition) is 14. The van der Waals surface area contributed by atoms with Gasteiger partial charge in [-0.3, -0.25) is 9.59 Å². The molecule has 0 fully saturated rings. The van der Waals surface area contributed by atoms with Gasteiger partial charge in [0.25, 0.3) is 5.91 Å². The average molecular weight is 948 g/mol. The molecule has 0 saturated heterocycles. The number of unbranched alkanes of at least 4 members (excludes halogenated alkanes) is 2. The summed E-state index contributed by atoms with van der Waals surface area (Å²) < 4.78 is 118. The first-order valence-corrected chi connectivity index (χ1v) is 25.4. The third-order valence-electron chi connectivity index (χ3n) is 11.5. The van der Waals surface area contributed by atoms with Crippen molar-refractivity contribution >= 4 is 59.3 Å². The molecule has 0 bridgehead atoms. The highest BCUT2D eigenvalue weighted by Gasteiger charge is 2.48. The van der Waals surface area contributed by atoms with Gasteiger partial charge in [-0.15, -0.1) is 0 Å². The number of fused-ring (bicyclic) bond motifs is 2. The molecule has 0 spiro atoms. The molecule has 2 aliphatic rings. The summed E-state index contributed by atoms with van der Waals surface area (Å²) in [5.74, 6) is -2.42. The van der Waals surface area contributed by atoms with Gasteiger partial charge in [-0.2, -0.15) is 4.58 Å². The van der Waals surface area contributed by atoms with Crippen LogP contribution in [0.15, 0.2) is 89.5 Å². The third-order valence-corrected chi connectivity index (χ3v) is 13.9. The van der Waals surface area contributed by atoms with Crippen LogP contribution in [0, 0.1) is 0 Å². The Kier molecular flexibility index (Phi) is 18.4. The van der Waals surface area contributed by atoms with Crippen LogP contribution in [0.5, 0.6) is 0 Å². The van der Waals surface area contributed by atoms with Gasteiger partial charge in [-0.05, 0) is 94.3 Å². The van der Waals surface area contributed by atoms with Crippen molar-refractivity contribution in [3.63, 3.8) is 0 Å². The lowest BCUT2D eigenvalue weighted by Gasteiger charge is -2.30. The van der Waals surface area contributed by atoms with Crippen LogP contribution in [0.2, 0.25) is 0 Å². The highest BCUT2D eigenvalue weighted by molar-refractivity contribution is 7.86. The van der Waals surface area contributed by atoms with E-state index in [2.05, 4.69) is 9.89 Å². The SMILES string of the molecule is COCCNC(=O)c1ccc2c(c1)C(C)(CCCS(=O)(=O)[O-])C(/C=C/C=C/C=C/C=C1/N(CCOC)c3ccc(S(=O)(=O)[O-])cc3C1(C)CCCS(=O)(=O)[O-])=[N+]2CCCCCC(=O)O. The maximum absolute atomic E-state index is 13.1. The summed E-state index contributed by atoms with van der Waals surface area (Å²) in [4.78, 5) is 25.8. The predicted octanol–water partition coefficient (Wildman–Crippen LogP) is 4.60. The number of carboxylic acid groups (broad SMARTS) is 1. The van der Waals surface area contributed by atoms with Gasteiger partial charge in [0, 0.05) is 91.7 Å². The molecule has 1 amide bonds. The number of amides is 1. The van der Waals surface area contributed by atoms with Crippen molar-refractivity contribution in [3.05, 3.63) is 101 Å². The first-order valence-electron chi connectivity index (χ1n) is 20.8. The van der Waals surface area contributed by atoms with Gasteiger partial charge in [-0.1, -0.05) is 30.4 Å². The number of nitrogens with one attached hydrogen (secondary N) is 1. The van der Waals surface area contributed by atoms with Crippen LogP contribution in [0.1, 0.15) is 86.7 Å². The van der Waals surface area contributed by atoms with Gasteiger partial charge in [0.15, 0.2) is 5.71 Å². The van der Waals surface area contributed by atoms with E-state index in [1.165, 1.54) is 32.4 Å². The highest BCUT2D eigenvalue weighted by atomic mass is 32.2. The molecule has 0 radical (unpaired) electrons. The average Bonchev–Trinajstić information content (AvgIpc) is 3.57. The van der Waals surface area contributed by atoms with Crippen molar-refractivity contribution in [2.75, 3.05) is 63.5 Å². The molecule has 2 unspecified atom stereocenters. The number of ether oxygens (including phenoxy) is 2. The molecule has 17 nitrogen and oxygen atoms in total. The van der Waals surface area contributed by atoms with E-state index in [1.807, 2.05) is 24.0 Å². The fourth-order valence-corrected chi connectivity index (χ4v) is 9.85. The van der Waals surface area contributed by atoms with Crippen molar-refractivity contribution in [1.82, 2.24) is 5.32 Å². The molecular formula is C44H57N3O14S3-2. The summed E-state index contributed by atoms with van der Waals surface area (Å²) in [6, 6.07) is 9.35. The molecule has 0 aliphatic carbocycles. The van der Waals surface area contributed by atoms with E-state index >= 15 is 0 Å². The number of hydrogen-bond donors (Lipinski definition) is 2. The summed E-state index contributed by atoms with van der Waals surface area (Å²) in [5, 5.41) is 12.0. The Morgan fingerprint density at radius 3 is 2.05 bits per heavy atom. The largest absolute Gasteiger partial charge is 0.748 e. The molecule has 64 heavy (non-hydrogen) atoms. The number of rotatable bonds is 26. The fraction of sp³-hybridized carbons (Fsp3) is 0.477. The zero-order valence-electron chi connectivity index (χ0n) is 36.5. The smallest absolute Gasteiger partial charge is 0.303 e. The Bertz CT molecular complexity index is 2510. The van der Waals surface area contributed by atoms with Gasteiger partial charge in [0.1, 0.15) is 16.7 Å². The lowest BCUT2D eigenvalue weighted by molar-refractivity contribution is -0.438. The van der Waals surface area contributed by atoms with Crippen LogP contribution in [0.25, 0.3) is 0 Å². The summed E-state index contributed by atoms with van der Waals surface area (Å²) in [6.45, 7) is 5.42. The molecule has 352 valence electrons. The molecule has 2 N–H and O–H groups in total. The van der Waals surface area contributed by atoms with Crippen LogP contribution in [-0.4, -0.2) is 125 Å². The van der Waals surface area contributed by atoms with E-state index in [4.69, 9.17) is 14.6 Å². The molecule has 2 heterocycles. The number of anilines is 1. The maximum atomic E-state index is 13.1. The van der Waals surface area contributed by atoms with Crippen LogP contribution >= 0.6 is 0 Å². The van der Waals surface area contributed by atoms with E-state index in [0.717, 1.165) is 17.0 Å². The van der Waals surface area contributed by atoms with Gasteiger partial charge in [-0.25, -0.2) is 25.3 Å². The molecule has 2 aromatic rings.